The Hall–Kier alpha value is -1.90. The number of terminal acetylenes is 1. The number of pyridine rings is 1. The maximum Gasteiger partial charge on any atom is 0.270 e. The number of carbonyl (C=O) groups excluding carboxylic acids is 1. The van der Waals surface area contributed by atoms with E-state index in [0.717, 1.165) is 22.2 Å². The summed E-state index contributed by atoms with van der Waals surface area (Å²) in [4.78, 5) is 19.2. The van der Waals surface area contributed by atoms with Crippen molar-refractivity contribution in [3.8, 4) is 12.3 Å². The Balaban J connectivity index is 1.56. The van der Waals surface area contributed by atoms with Crippen LogP contribution in [0.4, 0.5) is 0 Å². The summed E-state index contributed by atoms with van der Waals surface area (Å²) in [6, 6.07) is 2.07. The van der Waals surface area contributed by atoms with E-state index in [0.29, 0.717) is 11.6 Å². The highest BCUT2D eigenvalue weighted by atomic mass is 32.1. The largest absolute Gasteiger partial charge is 0.346 e. The Morgan fingerprint density at radius 3 is 2.95 bits per heavy atom. The number of nitrogens with zero attached hydrogens (tertiary/aromatic N) is 2. The molecule has 2 aromatic rings. The van der Waals surface area contributed by atoms with Gasteiger partial charge in [0.25, 0.3) is 5.91 Å². The van der Waals surface area contributed by atoms with Crippen LogP contribution in [0.5, 0.6) is 0 Å². The van der Waals surface area contributed by atoms with Gasteiger partial charge in [-0.1, -0.05) is 5.92 Å². The molecule has 5 heterocycles. The molecule has 1 amide bonds. The first-order valence-electron chi connectivity index (χ1n) is 7.61. The van der Waals surface area contributed by atoms with Crippen molar-refractivity contribution in [1.82, 2.24) is 15.2 Å². The van der Waals surface area contributed by atoms with E-state index in [-0.39, 0.29) is 11.9 Å². The second-order valence-electron chi connectivity index (χ2n) is 6.08. The summed E-state index contributed by atoms with van der Waals surface area (Å²) in [7, 11) is 0. The smallest absolute Gasteiger partial charge is 0.270 e. The lowest BCUT2D eigenvalue weighted by Gasteiger charge is -2.44. The van der Waals surface area contributed by atoms with E-state index in [9.17, 15) is 4.79 Å². The number of hydrogen-bond acceptors (Lipinski definition) is 4. The summed E-state index contributed by atoms with van der Waals surface area (Å²) in [5.41, 5.74) is 1.29. The predicted molar refractivity (Wildman–Crippen MR) is 88.0 cm³/mol. The van der Waals surface area contributed by atoms with Gasteiger partial charge in [0, 0.05) is 35.1 Å². The zero-order valence-corrected chi connectivity index (χ0v) is 13.0. The van der Waals surface area contributed by atoms with Crippen LogP contribution in [0.3, 0.4) is 0 Å². The van der Waals surface area contributed by atoms with Crippen LogP contribution in [0, 0.1) is 18.3 Å². The van der Waals surface area contributed by atoms with E-state index in [4.69, 9.17) is 6.42 Å². The molecule has 1 N–H and O–H groups in total. The van der Waals surface area contributed by atoms with E-state index in [1.165, 1.54) is 25.9 Å². The zero-order valence-electron chi connectivity index (χ0n) is 12.2. The lowest BCUT2D eigenvalue weighted by Crippen LogP contribution is -2.57. The molecular weight excluding hydrogens is 294 g/mol. The van der Waals surface area contributed by atoms with Gasteiger partial charge >= 0.3 is 0 Å². The molecule has 3 aliphatic rings. The van der Waals surface area contributed by atoms with E-state index < -0.39 is 0 Å². The van der Waals surface area contributed by atoms with Gasteiger partial charge in [0.05, 0.1) is 4.70 Å². The van der Waals surface area contributed by atoms with Gasteiger partial charge in [-0.05, 0) is 37.9 Å². The fourth-order valence-electron chi connectivity index (χ4n) is 3.54. The van der Waals surface area contributed by atoms with Crippen molar-refractivity contribution >= 4 is 27.3 Å². The summed E-state index contributed by atoms with van der Waals surface area (Å²) in [5.74, 6) is 3.19. The van der Waals surface area contributed by atoms with Gasteiger partial charge in [0.15, 0.2) is 0 Å². The van der Waals surface area contributed by atoms with E-state index >= 15 is 0 Å². The van der Waals surface area contributed by atoms with Crippen molar-refractivity contribution in [3.63, 3.8) is 0 Å². The minimum absolute atomic E-state index is 0.0881. The summed E-state index contributed by atoms with van der Waals surface area (Å²) < 4.78 is 1.02. The number of amides is 1. The molecule has 0 spiro atoms. The number of aromatic nitrogens is 1. The van der Waals surface area contributed by atoms with Crippen LogP contribution in [0.1, 0.15) is 28.9 Å². The SMILES string of the molecule is C#Cc1csc2cnc(C(=O)N[C@H]3CN4CCC3CC4)cc12. The van der Waals surface area contributed by atoms with Crippen molar-refractivity contribution in [2.75, 3.05) is 19.6 Å². The van der Waals surface area contributed by atoms with Crippen LogP contribution in [0.2, 0.25) is 0 Å². The molecule has 2 aromatic heterocycles. The minimum Gasteiger partial charge on any atom is -0.346 e. The number of fused-ring (bicyclic) bond motifs is 4. The highest BCUT2D eigenvalue weighted by Crippen LogP contribution is 2.28. The quantitative estimate of drug-likeness (QED) is 0.864. The average Bonchev–Trinajstić information content (AvgIpc) is 2.98. The Kier molecular flexibility index (Phi) is 3.36. The first-order chi connectivity index (χ1) is 10.7. The lowest BCUT2D eigenvalue weighted by atomic mass is 9.84. The number of rotatable bonds is 2. The first kappa shape index (κ1) is 13.7. The standard InChI is InChI=1S/C17H17N3OS/c1-2-11-10-22-16-8-18-14(7-13(11)16)17(21)19-15-9-20-5-3-12(15)4-6-20/h1,7-8,10,12,15H,3-6,9H2,(H,19,21)/t15-/m0/s1. The van der Waals surface area contributed by atoms with Crippen molar-refractivity contribution < 1.29 is 4.79 Å². The van der Waals surface area contributed by atoms with Gasteiger partial charge in [0.2, 0.25) is 0 Å². The predicted octanol–water partition coefficient (Wildman–Crippen LogP) is 2.10. The molecule has 4 nitrogen and oxygen atoms in total. The molecular formula is C17H17N3OS. The molecule has 3 saturated heterocycles. The number of nitrogens with one attached hydrogen (secondary N) is 1. The Morgan fingerprint density at radius 1 is 1.45 bits per heavy atom. The maximum atomic E-state index is 12.5. The number of hydrogen-bond donors (Lipinski definition) is 1. The zero-order chi connectivity index (χ0) is 15.1. The van der Waals surface area contributed by atoms with E-state index in [1.54, 1.807) is 17.5 Å². The number of piperidine rings is 3. The van der Waals surface area contributed by atoms with Crippen LogP contribution >= 0.6 is 11.3 Å². The molecule has 2 bridgehead atoms. The average molecular weight is 311 g/mol. The third-order valence-corrected chi connectivity index (χ3v) is 5.75. The first-order valence-corrected chi connectivity index (χ1v) is 8.49. The van der Waals surface area contributed by atoms with Gasteiger partial charge in [-0.2, -0.15) is 0 Å². The molecule has 112 valence electrons. The van der Waals surface area contributed by atoms with Crippen molar-refractivity contribution in [2.45, 2.75) is 18.9 Å². The van der Waals surface area contributed by atoms with Gasteiger partial charge in [-0.15, -0.1) is 17.8 Å². The highest BCUT2D eigenvalue weighted by Gasteiger charge is 2.35. The molecule has 0 saturated carbocycles. The molecule has 0 radical (unpaired) electrons. The summed E-state index contributed by atoms with van der Waals surface area (Å²) in [5, 5.41) is 6.05. The molecule has 0 aromatic carbocycles. The topological polar surface area (TPSA) is 45.2 Å². The van der Waals surface area contributed by atoms with E-state index in [1.807, 2.05) is 11.4 Å². The normalized spacial score (nSPS) is 26.8. The molecule has 22 heavy (non-hydrogen) atoms. The summed E-state index contributed by atoms with van der Waals surface area (Å²) in [6.07, 6.45) is 9.62. The fourth-order valence-corrected chi connectivity index (χ4v) is 4.39. The van der Waals surface area contributed by atoms with Crippen LogP contribution in [0.15, 0.2) is 17.6 Å². The Labute approximate surface area is 133 Å². The van der Waals surface area contributed by atoms with Crippen LogP contribution < -0.4 is 5.32 Å². The third kappa shape index (κ3) is 2.29. The summed E-state index contributed by atoms with van der Waals surface area (Å²) >= 11 is 1.56. The fraction of sp³-hybridized carbons (Fsp3) is 0.412. The van der Waals surface area contributed by atoms with Gasteiger partial charge < -0.3 is 10.2 Å². The molecule has 3 aliphatic heterocycles. The van der Waals surface area contributed by atoms with Crippen molar-refractivity contribution in [2.24, 2.45) is 5.92 Å². The number of carbonyl (C=O) groups is 1. The van der Waals surface area contributed by atoms with Crippen LogP contribution in [0.25, 0.3) is 10.1 Å². The van der Waals surface area contributed by atoms with E-state index in [2.05, 4.69) is 21.1 Å². The highest BCUT2D eigenvalue weighted by molar-refractivity contribution is 7.17. The number of thiophene rings is 1. The molecule has 0 aliphatic carbocycles. The maximum absolute atomic E-state index is 12.5. The van der Waals surface area contributed by atoms with Crippen molar-refractivity contribution in [3.05, 3.63) is 28.9 Å². The summed E-state index contributed by atoms with van der Waals surface area (Å²) in [6.45, 7) is 3.30. The van der Waals surface area contributed by atoms with Gasteiger partial charge in [0.1, 0.15) is 5.69 Å². The molecule has 1 atom stereocenters. The molecule has 0 unspecified atom stereocenters. The van der Waals surface area contributed by atoms with Crippen LogP contribution in [-0.4, -0.2) is 41.5 Å². The third-order valence-electron chi connectivity index (χ3n) is 4.82. The minimum atomic E-state index is -0.0881. The second-order valence-corrected chi connectivity index (χ2v) is 6.99. The van der Waals surface area contributed by atoms with Gasteiger partial charge in [-0.3, -0.25) is 4.79 Å². The Bertz CT molecular complexity index is 768. The van der Waals surface area contributed by atoms with Crippen molar-refractivity contribution in [1.29, 1.82) is 0 Å². The van der Waals surface area contributed by atoms with Gasteiger partial charge in [-0.25, -0.2) is 4.98 Å². The second kappa shape index (κ2) is 5.38. The monoisotopic (exact) mass is 311 g/mol. The Morgan fingerprint density at radius 2 is 2.27 bits per heavy atom. The molecule has 3 fully saturated rings. The molecule has 5 heteroatoms. The lowest BCUT2D eigenvalue weighted by molar-refractivity contribution is 0.0618. The molecule has 5 rings (SSSR count). The van der Waals surface area contributed by atoms with Crippen LogP contribution in [-0.2, 0) is 0 Å².